The van der Waals surface area contributed by atoms with Gasteiger partial charge in [-0.1, -0.05) is 152 Å². The summed E-state index contributed by atoms with van der Waals surface area (Å²) in [6.45, 7) is 0.620. The Morgan fingerprint density at radius 1 is 0.414 bits per heavy atom. The van der Waals surface area contributed by atoms with Crippen LogP contribution in [0.3, 0.4) is 0 Å². The molecule has 2 aliphatic heterocycles. The maximum absolute atomic E-state index is 11.5. The van der Waals surface area contributed by atoms with Gasteiger partial charge in [0.1, 0.15) is 48.8 Å². The molecule has 0 saturated carbocycles. The molecule has 10 atom stereocenters. The molecule has 2 heterocycles. The van der Waals surface area contributed by atoms with Gasteiger partial charge in [0.2, 0.25) is 0 Å². The van der Waals surface area contributed by atoms with E-state index < -0.39 is 68.0 Å². The molecule has 0 unspecified atom stereocenters. The molecule has 2 aliphatic rings. The maximum Gasteiger partial charge on any atom is 0.187 e. The number of benzene rings is 5. The minimum absolute atomic E-state index is 0.0949. The third-order valence-corrected chi connectivity index (χ3v) is 10.2. The molecular formula is C47H52O11. The lowest BCUT2D eigenvalue weighted by molar-refractivity contribution is -0.376. The fourth-order valence-electron chi connectivity index (χ4n) is 7.17. The SMILES string of the molecule is OC[C@H]1O[C@@H](O)[C@H](O[C@@H]2O[C@H](COCc3ccccc3)[C@H](OCc3ccccc3)[C@H](OCc3ccccc3)[C@H]2OCc2ccccc2)[C@@H](OCc2ccccc2)[C@H]1O. The van der Waals surface area contributed by atoms with Gasteiger partial charge in [-0.2, -0.15) is 0 Å². The zero-order valence-corrected chi connectivity index (χ0v) is 32.3. The molecule has 2 saturated heterocycles. The lowest BCUT2D eigenvalue weighted by atomic mass is 9.96. The lowest BCUT2D eigenvalue weighted by Gasteiger charge is -2.49. The first-order valence-corrected chi connectivity index (χ1v) is 19.7. The van der Waals surface area contributed by atoms with Gasteiger partial charge in [-0.25, -0.2) is 0 Å². The highest BCUT2D eigenvalue weighted by Gasteiger charge is 2.53. The van der Waals surface area contributed by atoms with Crippen molar-refractivity contribution in [1.82, 2.24) is 0 Å². The van der Waals surface area contributed by atoms with Crippen molar-refractivity contribution in [2.75, 3.05) is 13.2 Å². The zero-order valence-electron chi connectivity index (χ0n) is 32.3. The molecule has 2 fully saturated rings. The van der Waals surface area contributed by atoms with Crippen LogP contribution in [-0.4, -0.2) is 89.9 Å². The first-order chi connectivity index (χ1) is 28.6. The first-order valence-electron chi connectivity index (χ1n) is 19.7. The van der Waals surface area contributed by atoms with Crippen molar-refractivity contribution in [2.45, 2.75) is 94.4 Å². The van der Waals surface area contributed by atoms with Gasteiger partial charge in [-0.15, -0.1) is 0 Å². The topological polar surface area (TPSA) is 135 Å². The van der Waals surface area contributed by atoms with Crippen molar-refractivity contribution in [3.05, 3.63) is 179 Å². The molecule has 0 amide bonds. The highest BCUT2D eigenvalue weighted by atomic mass is 16.8. The Hall–Kier alpha value is -4.34. The van der Waals surface area contributed by atoms with Crippen LogP contribution in [0.25, 0.3) is 0 Å². The van der Waals surface area contributed by atoms with E-state index in [2.05, 4.69) is 0 Å². The van der Waals surface area contributed by atoms with Gasteiger partial charge >= 0.3 is 0 Å². The van der Waals surface area contributed by atoms with E-state index in [-0.39, 0.29) is 33.0 Å². The van der Waals surface area contributed by atoms with Crippen molar-refractivity contribution in [2.24, 2.45) is 0 Å². The van der Waals surface area contributed by atoms with Crippen LogP contribution < -0.4 is 0 Å². The largest absolute Gasteiger partial charge is 0.394 e. The molecular weight excluding hydrogens is 741 g/mol. The van der Waals surface area contributed by atoms with Crippen LogP contribution in [0.2, 0.25) is 0 Å². The van der Waals surface area contributed by atoms with Crippen LogP contribution >= 0.6 is 0 Å². The van der Waals surface area contributed by atoms with Crippen LogP contribution in [0.1, 0.15) is 27.8 Å². The third-order valence-electron chi connectivity index (χ3n) is 10.2. The zero-order chi connectivity index (χ0) is 39.9. The van der Waals surface area contributed by atoms with Crippen molar-refractivity contribution in [3.63, 3.8) is 0 Å². The summed E-state index contributed by atoms with van der Waals surface area (Å²) in [6.07, 6.45) is -10.9. The monoisotopic (exact) mass is 792 g/mol. The van der Waals surface area contributed by atoms with E-state index in [1.807, 2.05) is 152 Å². The average molecular weight is 793 g/mol. The highest BCUT2D eigenvalue weighted by molar-refractivity contribution is 5.17. The normalized spacial score (nSPS) is 27.3. The van der Waals surface area contributed by atoms with E-state index >= 15 is 0 Å². The number of rotatable bonds is 19. The fourth-order valence-corrected chi connectivity index (χ4v) is 7.17. The summed E-state index contributed by atoms with van der Waals surface area (Å²) in [7, 11) is 0. The summed E-state index contributed by atoms with van der Waals surface area (Å²) in [5, 5.41) is 33.0. The number of aliphatic hydroxyl groups is 3. The Morgan fingerprint density at radius 2 is 0.810 bits per heavy atom. The minimum atomic E-state index is -1.61. The van der Waals surface area contributed by atoms with Gasteiger partial charge in [0.25, 0.3) is 0 Å². The van der Waals surface area contributed by atoms with E-state index in [1.54, 1.807) is 0 Å². The molecule has 0 radical (unpaired) electrons. The molecule has 0 aromatic heterocycles. The maximum atomic E-state index is 11.5. The Labute approximate surface area is 339 Å². The standard InChI is InChI=1S/C47H52O11/c48-26-38-40(49)42(53-29-35-20-10-3-11-21-35)44(46(50)56-38)58-47-45(55-31-37-24-14-5-15-25-37)43(54-30-36-22-12-4-13-23-36)41(52-28-34-18-8-2-9-19-34)39(57-47)32-51-27-33-16-6-1-7-17-33/h1-25,38-50H,26-32H2/t38-,39-,40+,41+,42+,43+,44-,45-,46-,47+/m1/s1. The van der Waals surface area contributed by atoms with E-state index in [9.17, 15) is 15.3 Å². The second kappa shape index (κ2) is 21.6. The molecule has 0 spiro atoms. The fraction of sp³-hybridized carbons (Fsp3) is 0.362. The summed E-state index contributed by atoms with van der Waals surface area (Å²) in [5.41, 5.74) is 4.64. The van der Waals surface area contributed by atoms with Crippen molar-refractivity contribution >= 4 is 0 Å². The molecule has 306 valence electrons. The van der Waals surface area contributed by atoms with Crippen molar-refractivity contribution < 1.29 is 53.2 Å². The average Bonchev–Trinajstić information content (AvgIpc) is 3.27. The smallest absolute Gasteiger partial charge is 0.187 e. The van der Waals surface area contributed by atoms with Crippen LogP contribution in [0, 0.1) is 0 Å². The number of hydrogen-bond donors (Lipinski definition) is 3. The summed E-state index contributed by atoms with van der Waals surface area (Å²) in [6, 6.07) is 48.7. The molecule has 11 heteroatoms. The van der Waals surface area contributed by atoms with Crippen molar-refractivity contribution in [3.8, 4) is 0 Å². The van der Waals surface area contributed by atoms with E-state index in [0.29, 0.717) is 6.61 Å². The van der Waals surface area contributed by atoms with Crippen LogP contribution in [0.4, 0.5) is 0 Å². The van der Waals surface area contributed by atoms with Gasteiger partial charge in [0, 0.05) is 0 Å². The van der Waals surface area contributed by atoms with E-state index in [4.69, 9.17) is 37.9 Å². The van der Waals surface area contributed by atoms with Gasteiger partial charge in [0.05, 0.1) is 46.2 Å². The Bertz CT molecular complexity index is 1870. The lowest BCUT2D eigenvalue weighted by Crippen LogP contribution is -2.65. The number of aliphatic hydroxyl groups excluding tert-OH is 3. The van der Waals surface area contributed by atoms with Crippen molar-refractivity contribution in [1.29, 1.82) is 0 Å². The predicted molar refractivity (Wildman–Crippen MR) is 214 cm³/mol. The minimum Gasteiger partial charge on any atom is -0.394 e. The quantitative estimate of drug-likeness (QED) is 0.0948. The van der Waals surface area contributed by atoms with Crippen LogP contribution in [0.5, 0.6) is 0 Å². The van der Waals surface area contributed by atoms with Crippen LogP contribution in [-0.2, 0) is 70.9 Å². The van der Waals surface area contributed by atoms with Gasteiger partial charge in [0.15, 0.2) is 12.6 Å². The summed E-state index contributed by atoms with van der Waals surface area (Å²) >= 11 is 0. The Kier molecular flexibility index (Phi) is 15.6. The van der Waals surface area contributed by atoms with Gasteiger partial charge < -0.3 is 53.2 Å². The third kappa shape index (κ3) is 11.4. The highest BCUT2D eigenvalue weighted by Crippen LogP contribution is 2.35. The Morgan fingerprint density at radius 3 is 1.26 bits per heavy atom. The molecule has 5 aromatic rings. The first kappa shape index (κ1) is 41.8. The molecule has 11 nitrogen and oxygen atoms in total. The predicted octanol–water partition coefficient (Wildman–Crippen LogP) is 5.73. The van der Waals surface area contributed by atoms with E-state index in [1.165, 1.54) is 0 Å². The van der Waals surface area contributed by atoms with Gasteiger partial charge in [-0.05, 0) is 27.8 Å². The second-order valence-electron chi connectivity index (χ2n) is 14.4. The van der Waals surface area contributed by atoms with Crippen LogP contribution in [0.15, 0.2) is 152 Å². The summed E-state index contributed by atoms with van der Waals surface area (Å²) in [5.74, 6) is 0. The molecule has 0 aliphatic carbocycles. The number of ether oxygens (including phenoxy) is 8. The molecule has 3 N–H and O–H groups in total. The number of hydrogen-bond acceptors (Lipinski definition) is 11. The summed E-state index contributed by atoms with van der Waals surface area (Å²) in [4.78, 5) is 0. The second-order valence-corrected chi connectivity index (χ2v) is 14.4. The van der Waals surface area contributed by atoms with E-state index in [0.717, 1.165) is 27.8 Å². The molecule has 58 heavy (non-hydrogen) atoms. The molecule has 0 bridgehead atoms. The molecule has 7 rings (SSSR count). The summed E-state index contributed by atoms with van der Waals surface area (Å²) < 4.78 is 52.2. The van der Waals surface area contributed by atoms with Gasteiger partial charge in [-0.3, -0.25) is 0 Å². The molecule has 5 aromatic carbocycles. The Balaban J connectivity index is 1.23.